The number of fused-ring (bicyclic) bond motifs is 3. The van der Waals surface area contributed by atoms with E-state index in [2.05, 4.69) is 277 Å². The van der Waals surface area contributed by atoms with Crippen molar-refractivity contribution < 1.29 is 0 Å². The second-order valence-corrected chi connectivity index (χ2v) is 20.4. The molecule has 0 bridgehead atoms. The van der Waals surface area contributed by atoms with Crippen molar-refractivity contribution in [2.24, 2.45) is 0 Å². The number of benzene rings is 9. The Balaban J connectivity index is 0.928. The van der Waals surface area contributed by atoms with Gasteiger partial charge in [-0.3, -0.25) is 0 Å². The van der Waals surface area contributed by atoms with Gasteiger partial charge < -0.3 is 9.47 Å². The molecule has 3 heterocycles. The standard InChI is InChI=1S/C69H50N2S2/c1-2-3-4-5-15-25-62-40-43-68(72-62)56-23-16-24-61(46-56)71-65-41-32-55(47-63(65)64-48-57(33-42-66(64)71)69-45-44-67(73-69)54-21-13-8-14-22-54)53-30-38-60(39-31-53)70(58-34-26-51(27-35-58)49-17-9-6-10-18-49)59-36-28-52(29-37-59)50-19-11-7-12-20-50/h2-24,26-48H,1,25H2/b4-3-,15-5-. The minimum atomic E-state index is 0.896. The summed E-state index contributed by atoms with van der Waals surface area (Å²) in [6, 6.07) is 90.8. The Morgan fingerprint density at radius 1 is 0.356 bits per heavy atom. The maximum atomic E-state index is 3.77. The van der Waals surface area contributed by atoms with E-state index >= 15 is 0 Å². The number of aromatic nitrogens is 1. The Labute approximate surface area is 435 Å². The molecule has 0 atom stereocenters. The molecule has 12 rings (SSSR count). The maximum absolute atomic E-state index is 3.77. The van der Waals surface area contributed by atoms with Crippen LogP contribution in [0.4, 0.5) is 17.1 Å². The Bertz CT molecular complexity index is 3830. The molecule has 0 fully saturated rings. The van der Waals surface area contributed by atoms with Gasteiger partial charge in [0, 0.05) is 59.5 Å². The highest BCUT2D eigenvalue weighted by Gasteiger charge is 2.18. The van der Waals surface area contributed by atoms with Crippen LogP contribution in [0.5, 0.6) is 0 Å². The third kappa shape index (κ3) is 9.46. The number of anilines is 3. The molecule has 12 aromatic rings. The summed E-state index contributed by atoms with van der Waals surface area (Å²) in [5, 5.41) is 2.45. The average Bonchev–Trinajstić information content (AvgIpc) is 4.23. The molecular formula is C69H50N2S2. The van der Waals surface area contributed by atoms with Crippen LogP contribution in [0.25, 0.3) is 92.2 Å². The zero-order chi connectivity index (χ0) is 48.9. The van der Waals surface area contributed by atoms with E-state index in [4.69, 9.17) is 0 Å². The van der Waals surface area contributed by atoms with Gasteiger partial charge in [0.2, 0.25) is 0 Å². The Hall–Kier alpha value is -8.80. The molecule has 0 saturated heterocycles. The molecule has 0 unspecified atom stereocenters. The lowest BCUT2D eigenvalue weighted by Crippen LogP contribution is -2.09. The Kier molecular flexibility index (Phi) is 12.7. The van der Waals surface area contributed by atoms with Crippen LogP contribution >= 0.6 is 22.7 Å². The number of thiophene rings is 2. The van der Waals surface area contributed by atoms with Crippen LogP contribution < -0.4 is 4.90 Å². The molecule has 0 amide bonds. The van der Waals surface area contributed by atoms with E-state index in [-0.39, 0.29) is 0 Å². The third-order valence-electron chi connectivity index (χ3n) is 13.5. The number of allylic oxidation sites excluding steroid dienone is 5. The van der Waals surface area contributed by atoms with Crippen LogP contribution in [0.1, 0.15) is 4.88 Å². The highest BCUT2D eigenvalue weighted by Crippen LogP contribution is 2.42. The molecule has 4 heteroatoms. The summed E-state index contributed by atoms with van der Waals surface area (Å²) in [5.74, 6) is 0. The minimum Gasteiger partial charge on any atom is -0.311 e. The fraction of sp³-hybridized carbons (Fsp3) is 0.0145. The summed E-state index contributed by atoms with van der Waals surface area (Å²) in [6.45, 7) is 3.77. The molecule has 0 aliphatic heterocycles. The van der Waals surface area contributed by atoms with Crippen molar-refractivity contribution in [1.29, 1.82) is 0 Å². The predicted molar refractivity (Wildman–Crippen MR) is 316 cm³/mol. The van der Waals surface area contributed by atoms with Gasteiger partial charge in [-0.1, -0.05) is 189 Å². The van der Waals surface area contributed by atoms with Crippen molar-refractivity contribution in [3.63, 3.8) is 0 Å². The second kappa shape index (κ2) is 20.5. The van der Waals surface area contributed by atoms with E-state index in [0.717, 1.165) is 34.7 Å². The van der Waals surface area contributed by atoms with E-state index < -0.39 is 0 Å². The third-order valence-corrected chi connectivity index (χ3v) is 15.8. The van der Waals surface area contributed by atoms with Gasteiger partial charge in [0.1, 0.15) is 0 Å². The Morgan fingerprint density at radius 3 is 1.37 bits per heavy atom. The topological polar surface area (TPSA) is 8.17 Å². The molecule has 9 aromatic carbocycles. The second-order valence-electron chi connectivity index (χ2n) is 18.1. The van der Waals surface area contributed by atoms with Gasteiger partial charge in [-0.2, -0.15) is 0 Å². The first-order chi connectivity index (χ1) is 36.1. The first-order valence-corrected chi connectivity index (χ1v) is 26.4. The zero-order valence-corrected chi connectivity index (χ0v) is 41.8. The minimum absolute atomic E-state index is 0.896. The van der Waals surface area contributed by atoms with Gasteiger partial charge >= 0.3 is 0 Å². The quantitative estimate of drug-likeness (QED) is 0.0986. The summed E-state index contributed by atoms with van der Waals surface area (Å²) in [6.07, 6.45) is 11.0. The molecular weight excluding hydrogens is 921 g/mol. The smallest absolute Gasteiger partial charge is 0.0541 e. The molecule has 3 aromatic heterocycles. The summed E-state index contributed by atoms with van der Waals surface area (Å²) in [4.78, 5) is 7.47. The summed E-state index contributed by atoms with van der Waals surface area (Å²) in [7, 11) is 0. The fourth-order valence-corrected chi connectivity index (χ4v) is 11.8. The molecule has 2 nitrogen and oxygen atoms in total. The molecule has 73 heavy (non-hydrogen) atoms. The van der Waals surface area contributed by atoms with E-state index in [9.17, 15) is 0 Å². The van der Waals surface area contributed by atoms with Crippen molar-refractivity contribution in [2.75, 3.05) is 4.90 Å². The number of hydrogen-bond acceptors (Lipinski definition) is 3. The molecule has 0 aliphatic carbocycles. The SMILES string of the molecule is C=C/C=C\C=C/Cc1ccc(-c2cccc(-n3c4ccc(-c5ccc(N(c6ccc(-c7ccccc7)cc6)c6ccc(-c7ccccc7)cc6)cc5)cc4c4cc(-c5ccc(-c6ccccc6)s5)ccc43)c2)s1. The van der Waals surface area contributed by atoms with E-state index in [0.29, 0.717) is 0 Å². The number of nitrogens with zero attached hydrogens (tertiary/aromatic N) is 2. The van der Waals surface area contributed by atoms with Crippen molar-refractivity contribution in [2.45, 2.75) is 6.42 Å². The van der Waals surface area contributed by atoms with E-state index in [1.165, 1.54) is 85.8 Å². The lowest BCUT2D eigenvalue weighted by atomic mass is 10.0. The lowest BCUT2D eigenvalue weighted by Gasteiger charge is -2.26. The Morgan fingerprint density at radius 2 is 0.795 bits per heavy atom. The lowest BCUT2D eigenvalue weighted by molar-refractivity contribution is 1.18. The monoisotopic (exact) mass is 970 g/mol. The highest BCUT2D eigenvalue weighted by atomic mass is 32.1. The number of rotatable bonds is 14. The van der Waals surface area contributed by atoms with E-state index in [1.54, 1.807) is 6.08 Å². The van der Waals surface area contributed by atoms with Gasteiger partial charge in [-0.15, -0.1) is 22.7 Å². The normalized spacial score (nSPS) is 11.6. The van der Waals surface area contributed by atoms with Crippen molar-refractivity contribution in [1.82, 2.24) is 4.57 Å². The van der Waals surface area contributed by atoms with Gasteiger partial charge in [-0.25, -0.2) is 0 Å². The predicted octanol–water partition coefficient (Wildman–Crippen LogP) is 20.2. The van der Waals surface area contributed by atoms with Crippen molar-refractivity contribution in [3.05, 3.63) is 291 Å². The molecule has 0 spiro atoms. The van der Waals surface area contributed by atoms with Crippen LogP contribution in [-0.2, 0) is 6.42 Å². The largest absolute Gasteiger partial charge is 0.311 e. The van der Waals surface area contributed by atoms with Gasteiger partial charge in [0.25, 0.3) is 0 Å². The summed E-state index contributed by atoms with van der Waals surface area (Å²) >= 11 is 3.70. The fourth-order valence-electron chi connectivity index (χ4n) is 9.85. The first-order valence-electron chi connectivity index (χ1n) is 24.7. The van der Waals surface area contributed by atoms with Crippen LogP contribution in [0, 0.1) is 0 Å². The van der Waals surface area contributed by atoms with Crippen LogP contribution in [-0.4, -0.2) is 4.57 Å². The van der Waals surface area contributed by atoms with Gasteiger partial charge in [0.05, 0.1) is 11.0 Å². The molecule has 0 saturated carbocycles. The van der Waals surface area contributed by atoms with Crippen LogP contribution in [0.3, 0.4) is 0 Å². The zero-order valence-electron chi connectivity index (χ0n) is 40.2. The summed E-state index contributed by atoms with van der Waals surface area (Å²) in [5.41, 5.74) is 17.6. The van der Waals surface area contributed by atoms with Gasteiger partial charge in [0.15, 0.2) is 0 Å². The summed E-state index contributed by atoms with van der Waals surface area (Å²) < 4.78 is 2.45. The van der Waals surface area contributed by atoms with Crippen LogP contribution in [0.2, 0.25) is 0 Å². The molecule has 0 radical (unpaired) electrons. The highest BCUT2D eigenvalue weighted by molar-refractivity contribution is 7.18. The maximum Gasteiger partial charge on any atom is 0.0541 e. The van der Waals surface area contributed by atoms with Crippen LogP contribution in [0.15, 0.2) is 286 Å². The van der Waals surface area contributed by atoms with Gasteiger partial charge in [-0.05, 0) is 147 Å². The average molecular weight is 971 g/mol. The van der Waals surface area contributed by atoms with E-state index in [1.807, 2.05) is 34.8 Å². The number of hydrogen-bond donors (Lipinski definition) is 0. The first kappa shape index (κ1) is 45.3. The molecule has 0 aliphatic rings. The molecule has 348 valence electrons. The molecule has 0 N–H and O–H groups in total. The van der Waals surface area contributed by atoms with Crippen molar-refractivity contribution >= 4 is 61.5 Å². The van der Waals surface area contributed by atoms with Crippen molar-refractivity contribution in [3.8, 4) is 70.4 Å².